The molecule has 1 fully saturated rings. The minimum absolute atomic E-state index is 0.149. The van der Waals surface area contributed by atoms with E-state index in [9.17, 15) is 13.5 Å². The normalized spacial score (nSPS) is 15.0. The van der Waals surface area contributed by atoms with Crippen molar-refractivity contribution in [1.82, 2.24) is 19.9 Å². The molecule has 1 saturated carbocycles. The second-order valence-electron chi connectivity index (χ2n) is 7.66. The van der Waals surface area contributed by atoms with Gasteiger partial charge in [0, 0.05) is 24.2 Å². The molecule has 1 aliphatic rings. The standard InChI is InChI=1S/C20H23FN6O3S/c1-11(28)10-23-20-22-9-8-15(24-20)18-17(25-19(26-18)12-6-7-12)13-4-3-5-14(16(13)21)27-31(2,29)30/h3-5,8-9,11-12,27-28H,6-7,10H2,1-2H3,(H,25,26)(H,22,23,24)/t11-/m0/s1. The molecule has 4 N–H and O–H groups in total. The van der Waals surface area contributed by atoms with Gasteiger partial charge in [-0.1, -0.05) is 6.07 Å². The van der Waals surface area contributed by atoms with E-state index in [1.807, 2.05) is 0 Å². The van der Waals surface area contributed by atoms with Crippen molar-refractivity contribution in [2.45, 2.75) is 31.8 Å². The highest BCUT2D eigenvalue weighted by Gasteiger charge is 2.30. The maximum absolute atomic E-state index is 15.2. The fourth-order valence-corrected chi connectivity index (χ4v) is 3.69. The van der Waals surface area contributed by atoms with Gasteiger partial charge in [0.25, 0.3) is 0 Å². The number of imidazole rings is 1. The van der Waals surface area contributed by atoms with Crippen molar-refractivity contribution in [2.75, 3.05) is 22.8 Å². The molecular weight excluding hydrogens is 423 g/mol. The zero-order chi connectivity index (χ0) is 22.2. The van der Waals surface area contributed by atoms with Crippen LogP contribution in [0.1, 0.15) is 31.5 Å². The SMILES string of the molecule is C[C@H](O)CNc1nccc(-c2[nH]c(C3CC3)nc2-c2cccc(NS(C)(=O)=O)c2F)n1. The van der Waals surface area contributed by atoms with Gasteiger partial charge in [0.05, 0.1) is 29.4 Å². The van der Waals surface area contributed by atoms with Crippen LogP contribution in [-0.2, 0) is 10.0 Å². The highest BCUT2D eigenvalue weighted by atomic mass is 32.2. The van der Waals surface area contributed by atoms with Gasteiger partial charge in [-0.2, -0.15) is 0 Å². The van der Waals surface area contributed by atoms with Crippen molar-refractivity contribution in [3.63, 3.8) is 0 Å². The quantitative estimate of drug-likeness (QED) is 0.418. The Bertz CT molecular complexity index is 1210. The average Bonchev–Trinajstić information content (AvgIpc) is 3.46. The second kappa shape index (κ2) is 8.23. The number of nitrogens with one attached hydrogen (secondary N) is 3. The number of hydrogen-bond donors (Lipinski definition) is 4. The molecule has 0 amide bonds. The van der Waals surface area contributed by atoms with Crippen molar-refractivity contribution in [3.8, 4) is 22.6 Å². The number of halogens is 1. The van der Waals surface area contributed by atoms with Crippen LogP contribution in [0, 0.1) is 5.82 Å². The van der Waals surface area contributed by atoms with Gasteiger partial charge in [-0.25, -0.2) is 27.8 Å². The molecule has 2 heterocycles. The first kappa shape index (κ1) is 21.2. The van der Waals surface area contributed by atoms with E-state index in [1.165, 1.54) is 6.07 Å². The smallest absolute Gasteiger partial charge is 0.229 e. The van der Waals surface area contributed by atoms with Gasteiger partial charge in [0.15, 0.2) is 5.82 Å². The molecule has 0 spiro atoms. The first-order valence-electron chi connectivity index (χ1n) is 9.83. The van der Waals surface area contributed by atoms with Crippen molar-refractivity contribution in [2.24, 2.45) is 0 Å². The number of benzene rings is 1. The Morgan fingerprint density at radius 2 is 2.06 bits per heavy atom. The van der Waals surface area contributed by atoms with Crippen molar-refractivity contribution >= 4 is 21.7 Å². The number of hydrogen-bond acceptors (Lipinski definition) is 7. The highest BCUT2D eigenvalue weighted by Crippen LogP contribution is 2.42. The monoisotopic (exact) mass is 446 g/mol. The highest BCUT2D eigenvalue weighted by molar-refractivity contribution is 7.92. The van der Waals surface area contributed by atoms with Crippen LogP contribution < -0.4 is 10.0 Å². The van der Waals surface area contributed by atoms with E-state index in [0.29, 0.717) is 23.0 Å². The summed E-state index contributed by atoms with van der Waals surface area (Å²) in [4.78, 5) is 16.5. The summed E-state index contributed by atoms with van der Waals surface area (Å²) in [7, 11) is -3.65. The molecule has 0 radical (unpaired) electrons. The number of rotatable bonds is 8. The summed E-state index contributed by atoms with van der Waals surface area (Å²) in [6, 6.07) is 6.15. The molecule has 0 unspecified atom stereocenters. The number of aromatic nitrogens is 4. The third-order valence-corrected chi connectivity index (χ3v) is 5.29. The molecule has 1 atom stereocenters. The summed E-state index contributed by atoms with van der Waals surface area (Å²) in [5, 5.41) is 12.4. The van der Waals surface area contributed by atoms with E-state index in [2.05, 4.69) is 30.0 Å². The lowest BCUT2D eigenvalue weighted by molar-refractivity contribution is 0.208. The van der Waals surface area contributed by atoms with Crippen LogP contribution in [0.2, 0.25) is 0 Å². The maximum Gasteiger partial charge on any atom is 0.229 e. The predicted octanol–water partition coefficient (Wildman–Crippen LogP) is 2.71. The minimum atomic E-state index is -3.65. The van der Waals surface area contributed by atoms with Crippen molar-refractivity contribution in [3.05, 3.63) is 42.1 Å². The summed E-state index contributed by atoms with van der Waals surface area (Å²) < 4.78 is 40.6. The fraction of sp³-hybridized carbons (Fsp3) is 0.350. The zero-order valence-corrected chi connectivity index (χ0v) is 17.9. The summed E-state index contributed by atoms with van der Waals surface area (Å²) in [6.07, 6.45) is 3.94. The Morgan fingerprint density at radius 3 is 2.74 bits per heavy atom. The average molecular weight is 447 g/mol. The van der Waals surface area contributed by atoms with Gasteiger partial charge in [0.1, 0.15) is 11.5 Å². The first-order chi connectivity index (χ1) is 14.7. The van der Waals surface area contributed by atoms with Crippen molar-refractivity contribution < 1.29 is 17.9 Å². The van der Waals surface area contributed by atoms with Crippen LogP contribution in [0.5, 0.6) is 0 Å². The Morgan fingerprint density at radius 1 is 1.29 bits per heavy atom. The lowest BCUT2D eigenvalue weighted by Gasteiger charge is -2.10. The van der Waals surface area contributed by atoms with Gasteiger partial charge in [-0.3, -0.25) is 4.72 Å². The van der Waals surface area contributed by atoms with Crippen molar-refractivity contribution in [1.29, 1.82) is 0 Å². The van der Waals surface area contributed by atoms with Crippen LogP contribution in [-0.4, -0.2) is 52.4 Å². The van der Waals surface area contributed by atoms with Crippen LogP contribution >= 0.6 is 0 Å². The summed E-state index contributed by atoms with van der Waals surface area (Å²) in [5.41, 5.74) is 1.36. The topological polar surface area (TPSA) is 133 Å². The number of H-pyrrole nitrogens is 1. The summed E-state index contributed by atoms with van der Waals surface area (Å²) >= 11 is 0. The molecule has 1 aromatic carbocycles. The Labute approximate surface area is 179 Å². The van der Waals surface area contributed by atoms with Crippen LogP contribution in [0.25, 0.3) is 22.6 Å². The Hall–Kier alpha value is -3.05. The number of aliphatic hydroxyl groups excluding tert-OH is 1. The largest absolute Gasteiger partial charge is 0.392 e. The molecule has 9 nitrogen and oxygen atoms in total. The van der Waals surface area contributed by atoms with E-state index < -0.39 is 21.9 Å². The zero-order valence-electron chi connectivity index (χ0n) is 17.1. The number of aromatic amines is 1. The first-order valence-corrected chi connectivity index (χ1v) is 11.7. The molecule has 4 rings (SSSR count). The Kier molecular flexibility index (Phi) is 5.63. The number of aliphatic hydroxyl groups is 1. The fourth-order valence-electron chi connectivity index (χ4n) is 3.14. The number of nitrogens with zero attached hydrogens (tertiary/aromatic N) is 3. The Balaban J connectivity index is 1.79. The molecule has 31 heavy (non-hydrogen) atoms. The minimum Gasteiger partial charge on any atom is -0.392 e. The van der Waals surface area contributed by atoms with E-state index >= 15 is 4.39 Å². The molecule has 0 saturated heterocycles. The van der Waals surface area contributed by atoms with Gasteiger partial charge in [-0.05, 0) is 38.0 Å². The van der Waals surface area contributed by atoms with Crippen LogP contribution in [0.4, 0.5) is 16.0 Å². The van der Waals surface area contributed by atoms with E-state index in [1.54, 1.807) is 31.3 Å². The van der Waals surface area contributed by atoms with E-state index in [4.69, 9.17) is 0 Å². The van der Waals surface area contributed by atoms with E-state index in [0.717, 1.165) is 24.9 Å². The molecule has 0 bridgehead atoms. The second-order valence-corrected chi connectivity index (χ2v) is 9.41. The molecule has 0 aliphatic heterocycles. The number of sulfonamides is 1. The van der Waals surface area contributed by atoms with E-state index in [-0.39, 0.29) is 23.7 Å². The summed E-state index contributed by atoms with van der Waals surface area (Å²) in [6.45, 7) is 1.92. The van der Waals surface area contributed by atoms with Gasteiger partial charge in [0.2, 0.25) is 16.0 Å². The maximum atomic E-state index is 15.2. The van der Waals surface area contributed by atoms with Gasteiger partial charge < -0.3 is 15.4 Å². The number of anilines is 2. The van der Waals surface area contributed by atoms with Gasteiger partial charge >= 0.3 is 0 Å². The molecule has 1 aliphatic carbocycles. The third kappa shape index (κ3) is 5.00. The van der Waals surface area contributed by atoms with Gasteiger partial charge in [-0.15, -0.1) is 0 Å². The van der Waals surface area contributed by atoms with Crippen LogP contribution in [0.15, 0.2) is 30.5 Å². The summed E-state index contributed by atoms with van der Waals surface area (Å²) in [5.74, 6) is 0.620. The molecule has 2 aromatic heterocycles. The molecule has 3 aromatic rings. The predicted molar refractivity (Wildman–Crippen MR) is 116 cm³/mol. The third-order valence-electron chi connectivity index (χ3n) is 4.70. The lowest BCUT2D eigenvalue weighted by atomic mass is 10.1. The molecule has 164 valence electrons. The molecular formula is C20H23FN6O3S. The lowest BCUT2D eigenvalue weighted by Crippen LogP contribution is -2.16. The molecule has 11 heteroatoms. The van der Waals surface area contributed by atoms with Crippen LogP contribution in [0.3, 0.4) is 0 Å².